The SMILES string of the molecule is CC(/C=C\c1ccccc1)=N/NC(=O)c1ccc(Cl)cc1. The fraction of sp³-hybridized carbons (Fsp3) is 0.0588. The molecule has 0 saturated heterocycles. The minimum Gasteiger partial charge on any atom is -0.267 e. The lowest BCUT2D eigenvalue weighted by molar-refractivity contribution is 0.0955. The highest BCUT2D eigenvalue weighted by Crippen LogP contribution is 2.09. The topological polar surface area (TPSA) is 41.5 Å². The fourth-order valence-electron chi connectivity index (χ4n) is 1.62. The Morgan fingerprint density at radius 3 is 2.43 bits per heavy atom. The molecule has 1 N–H and O–H groups in total. The predicted molar refractivity (Wildman–Crippen MR) is 87.5 cm³/mol. The van der Waals surface area contributed by atoms with Gasteiger partial charge >= 0.3 is 0 Å². The Bertz CT molecular complexity index is 661. The maximum atomic E-state index is 11.8. The molecular formula is C17H15ClN2O. The highest BCUT2D eigenvalue weighted by atomic mass is 35.5. The first-order valence-electron chi connectivity index (χ1n) is 6.48. The molecule has 0 atom stereocenters. The van der Waals surface area contributed by atoms with E-state index in [-0.39, 0.29) is 5.91 Å². The van der Waals surface area contributed by atoms with Gasteiger partial charge in [0.15, 0.2) is 0 Å². The second kappa shape index (κ2) is 7.41. The van der Waals surface area contributed by atoms with E-state index >= 15 is 0 Å². The van der Waals surface area contributed by atoms with Gasteiger partial charge in [0.2, 0.25) is 0 Å². The van der Waals surface area contributed by atoms with Crippen LogP contribution in [0.2, 0.25) is 5.02 Å². The number of hydrogen-bond donors (Lipinski definition) is 1. The van der Waals surface area contributed by atoms with Crippen LogP contribution in [-0.4, -0.2) is 11.6 Å². The third-order valence-electron chi connectivity index (χ3n) is 2.76. The normalized spacial score (nSPS) is 11.6. The van der Waals surface area contributed by atoms with Gasteiger partial charge in [-0.05, 0) is 42.8 Å². The Balaban J connectivity index is 1.95. The van der Waals surface area contributed by atoms with Crippen LogP contribution in [0.1, 0.15) is 22.8 Å². The van der Waals surface area contributed by atoms with Crippen LogP contribution < -0.4 is 5.43 Å². The van der Waals surface area contributed by atoms with Crippen LogP contribution in [0, 0.1) is 0 Å². The van der Waals surface area contributed by atoms with Gasteiger partial charge in [-0.2, -0.15) is 5.10 Å². The Hall–Kier alpha value is -2.39. The molecule has 2 aromatic carbocycles. The maximum Gasteiger partial charge on any atom is 0.271 e. The molecule has 1 amide bonds. The quantitative estimate of drug-likeness (QED) is 0.668. The summed E-state index contributed by atoms with van der Waals surface area (Å²) >= 11 is 5.77. The minimum atomic E-state index is -0.265. The molecule has 106 valence electrons. The van der Waals surface area contributed by atoms with Crippen molar-refractivity contribution in [1.29, 1.82) is 0 Å². The van der Waals surface area contributed by atoms with Gasteiger partial charge in [-0.1, -0.05) is 48.0 Å². The van der Waals surface area contributed by atoms with E-state index in [0.717, 1.165) is 5.56 Å². The van der Waals surface area contributed by atoms with Crippen LogP contribution in [-0.2, 0) is 0 Å². The molecule has 21 heavy (non-hydrogen) atoms. The molecule has 2 aromatic rings. The number of hydrogen-bond acceptors (Lipinski definition) is 2. The van der Waals surface area contributed by atoms with Crippen LogP contribution in [0.3, 0.4) is 0 Å². The number of nitrogens with zero attached hydrogens (tertiary/aromatic N) is 1. The highest BCUT2D eigenvalue weighted by Gasteiger charge is 2.03. The Morgan fingerprint density at radius 1 is 1.10 bits per heavy atom. The number of allylic oxidation sites excluding steroid dienone is 1. The molecule has 0 aromatic heterocycles. The smallest absolute Gasteiger partial charge is 0.267 e. The molecule has 0 radical (unpaired) electrons. The Kier molecular flexibility index (Phi) is 5.29. The lowest BCUT2D eigenvalue weighted by Gasteiger charge is -2.00. The van der Waals surface area contributed by atoms with Gasteiger partial charge < -0.3 is 0 Å². The molecule has 0 bridgehead atoms. The summed E-state index contributed by atoms with van der Waals surface area (Å²) in [7, 11) is 0. The first kappa shape index (κ1) is 15.0. The zero-order valence-corrected chi connectivity index (χ0v) is 12.3. The largest absolute Gasteiger partial charge is 0.271 e. The molecule has 2 rings (SSSR count). The van der Waals surface area contributed by atoms with Crippen molar-refractivity contribution in [3.63, 3.8) is 0 Å². The van der Waals surface area contributed by atoms with E-state index in [2.05, 4.69) is 10.5 Å². The summed E-state index contributed by atoms with van der Waals surface area (Å²) in [6.45, 7) is 1.82. The highest BCUT2D eigenvalue weighted by molar-refractivity contribution is 6.30. The van der Waals surface area contributed by atoms with Crippen molar-refractivity contribution < 1.29 is 4.79 Å². The summed E-state index contributed by atoms with van der Waals surface area (Å²) < 4.78 is 0. The van der Waals surface area contributed by atoms with Gasteiger partial charge in [0.05, 0.1) is 5.71 Å². The summed E-state index contributed by atoms with van der Waals surface area (Å²) in [6, 6.07) is 16.5. The first-order chi connectivity index (χ1) is 10.1. The second-order valence-corrected chi connectivity index (χ2v) is 4.88. The van der Waals surface area contributed by atoms with Crippen molar-refractivity contribution >= 4 is 29.3 Å². The number of rotatable bonds is 4. The summed E-state index contributed by atoms with van der Waals surface area (Å²) in [5, 5.41) is 4.63. The zero-order chi connectivity index (χ0) is 15.1. The summed E-state index contributed by atoms with van der Waals surface area (Å²) in [6.07, 6.45) is 3.78. The Morgan fingerprint density at radius 2 is 1.76 bits per heavy atom. The van der Waals surface area contributed by atoms with Crippen LogP contribution >= 0.6 is 11.6 Å². The fourth-order valence-corrected chi connectivity index (χ4v) is 1.75. The molecule has 0 spiro atoms. The van der Waals surface area contributed by atoms with Crippen LogP contribution in [0.5, 0.6) is 0 Å². The molecule has 0 aliphatic heterocycles. The van der Waals surface area contributed by atoms with Gasteiger partial charge in [-0.3, -0.25) is 4.79 Å². The van der Waals surface area contributed by atoms with E-state index in [1.54, 1.807) is 24.3 Å². The van der Waals surface area contributed by atoms with E-state index in [0.29, 0.717) is 16.3 Å². The molecule has 0 aliphatic carbocycles. The number of hydrazone groups is 1. The average molecular weight is 299 g/mol. The van der Waals surface area contributed by atoms with Crippen molar-refractivity contribution in [2.75, 3.05) is 0 Å². The van der Waals surface area contributed by atoms with Gasteiger partial charge in [-0.25, -0.2) is 5.43 Å². The van der Waals surface area contributed by atoms with Gasteiger partial charge in [0, 0.05) is 10.6 Å². The summed E-state index contributed by atoms with van der Waals surface area (Å²) in [4.78, 5) is 11.8. The number of carbonyl (C=O) groups is 1. The monoisotopic (exact) mass is 298 g/mol. The van der Waals surface area contributed by atoms with Crippen molar-refractivity contribution in [2.24, 2.45) is 5.10 Å². The van der Waals surface area contributed by atoms with Crippen LogP contribution in [0.25, 0.3) is 6.08 Å². The number of nitrogens with one attached hydrogen (secondary N) is 1. The van der Waals surface area contributed by atoms with Gasteiger partial charge in [-0.15, -0.1) is 0 Å². The van der Waals surface area contributed by atoms with Crippen molar-refractivity contribution in [3.05, 3.63) is 76.8 Å². The van der Waals surface area contributed by atoms with Crippen molar-refractivity contribution in [2.45, 2.75) is 6.92 Å². The minimum absolute atomic E-state index is 0.265. The molecule has 0 heterocycles. The van der Waals surface area contributed by atoms with Crippen molar-refractivity contribution in [3.8, 4) is 0 Å². The predicted octanol–water partition coefficient (Wildman–Crippen LogP) is 4.16. The molecule has 4 heteroatoms. The van der Waals surface area contributed by atoms with E-state index in [1.807, 2.05) is 49.4 Å². The number of amides is 1. The Labute approximate surface area is 129 Å². The number of benzene rings is 2. The maximum absolute atomic E-state index is 11.8. The standard InChI is InChI=1S/C17H15ClN2O/c1-13(7-8-14-5-3-2-4-6-14)19-20-17(21)15-9-11-16(18)12-10-15/h2-12H,1H3,(H,20,21)/b8-7-,19-13-. The van der Waals surface area contributed by atoms with Crippen LogP contribution in [0.4, 0.5) is 0 Å². The first-order valence-corrected chi connectivity index (χ1v) is 6.86. The third kappa shape index (κ3) is 4.89. The number of carbonyl (C=O) groups excluding carboxylic acids is 1. The number of halogens is 1. The summed E-state index contributed by atoms with van der Waals surface area (Å²) in [5.74, 6) is -0.265. The molecular weight excluding hydrogens is 284 g/mol. The third-order valence-corrected chi connectivity index (χ3v) is 3.01. The average Bonchev–Trinajstić information content (AvgIpc) is 2.52. The van der Waals surface area contributed by atoms with Crippen molar-refractivity contribution in [1.82, 2.24) is 5.43 Å². The molecule has 0 unspecified atom stereocenters. The van der Waals surface area contributed by atoms with Crippen LogP contribution in [0.15, 0.2) is 65.8 Å². The van der Waals surface area contributed by atoms with E-state index < -0.39 is 0 Å². The molecule has 0 fully saturated rings. The van der Waals surface area contributed by atoms with E-state index in [4.69, 9.17) is 11.6 Å². The van der Waals surface area contributed by atoms with Gasteiger partial charge in [0.25, 0.3) is 5.91 Å². The van der Waals surface area contributed by atoms with Gasteiger partial charge in [0.1, 0.15) is 0 Å². The molecule has 0 saturated carbocycles. The van der Waals surface area contributed by atoms with E-state index in [9.17, 15) is 4.79 Å². The molecule has 0 aliphatic rings. The summed E-state index contributed by atoms with van der Waals surface area (Å²) in [5.41, 5.74) is 4.81. The zero-order valence-electron chi connectivity index (χ0n) is 11.6. The lowest BCUT2D eigenvalue weighted by atomic mass is 10.2. The molecule has 3 nitrogen and oxygen atoms in total. The van der Waals surface area contributed by atoms with E-state index in [1.165, 1.54) is 0 Å². The lowest BCUT2D eigenvalue weighted by Crippen LogP contribution is -2.18. The second-order valence-electron chi connectivity index (χ2n) is 4.45.